The second-order valence-electron chi connectivity index (χ2n) is 5.11. The number of rotatable bonds is 8. The highest BCUT2D eigenvalue weighted by atomic mass is 16.5. The molecule has 1 fully saturated rings. The standard InChI is InChI=1S/C14H29NO2/c1-4-13-6-8-14(9-7-13,12-15-3)17-11-10-16-5-2/h13,15H,4-12H2,1-3H3. The Labute approximate surface area is 106 Å². The highest BCUT2D eigenvalue weighted by Gasteiger charge is 2.35. The summed E-state index contributed by atoms with van der Waals surface area (Å²) in [5, 5.41) is 3.29. The molecule has 0 aliphatic heterocycles. The van der Waals surface area contributed by atoms with Crippen molar-refractivity contribution in [1.29, 1.82) is 0 Å². The van der Waals surface area contributed by atoms with Gasteiger partial charge < -0.3 is 14.8 Å². The second-order valence-corrected chi connectivity index (χ2v) is 5.11. The van der Waals surface area contributed by atoms with Crippen LogP contribution in [0.5, 0.6) is 0 Å². The van der Waals surface area contributed by atoms with Crippen molar-refractivity contribution in [2.24, 2.45) is 5.92 Å². The van der Waals surface area contributed by atoms with E-state index in [0.717, 1.165) is 32.3 Å². The van der Waals surface area contributed by atoms with Crippen LogP contribution in [-0.2, 0) is 9.47 Å². The summed E-state index contributed by atoms with van der Waals surface area (Å²) in [6.45, 7) is 7.52. The molecular formula is C14H29NO2. The molecule has 1 N–H and O–H groups in total. The van der Waals surface area contributed by atoms with Gasteiger partial charge >= 0.3 is 0 Å². The van der Waals surface area contributed by atoms with Crippen molar-refractivity contribution >= 4 is 0 Å². The largest absolute Gasteiger partial charge is 0.379 e. The van der Waals surface area contributed by atoms with Crippen LogP contribution in [0.2, 0.25) is 0 Å². The Hall–Kier alpha value is -0.120. The Morgan fingerprint density at radius 1 is 1.18 bits per heavy atom. The fraction of sp³-hybridized carbons (Fsp3) is 1.00. The summed E-state index contributed by atoms with van der Waals surface area (Å²) in [5.41, 5.74) is 0.0670. The molecule has 0 radical (unpaired) electrons. The third kappa shape index (κ3) is 4.94. The summed E-state index contributed by atoms with van der Waals surface area (Å²) in [6.07, 6.45) is 6.32. The fourth-order valence-corrected chi connectivity index (χ4v) is 2.77. The van der Waals surface area contributed by atoms with Crippen LogP contribution in [0.4, 0.5) is 0 Å². The predicted molar refractivity (Wildman–Crippen MR) is 71.4 cm³/mol. The second kappa shape index (κ2) is 8.06. The Balaban J connectivity index is 2.35. The lowest BCUT2D eigenvalue weighted by Gasteiger charge is -2.40. The highest BCUT2D eigenvalue weighted by Crippen LogP contribution is 2.35. The molecule has 0 aromatic heterocycles. The SMILES string of the molecule is CCOCCOC1(CNC)CCC(CC)CC1. The van der Waals surface area contributed by atoms with Crippen LogP contribution in [0.25, 0.3) is 0 Å². The minimum Gasteiger partial charge on any atom is -0.379 e. The number of hydrogen-bond donors (Lipinski definition) is 1. The minimum atomic E-state index is 0.0670. The first kappa shape index (κ1) is 14.9. The average Bonchev–Trinajstić information content (AvgIpc) is 2.36. The van der Waals surface area contributed by atoms with Crippen LogP contribution in [0.1, 0.15) is 46.0 Å². The van der Waals surface area contributed by atoms with Crippen molar-refractivity contribution in [3.63, 3.8) is 0 Å². The van der Waals surface area contributed by atoms with E-state index in [4.69, 9.17) is 9.47 Å². The van der Waals surface area contributed by atoms with Crippen LogP contribution in [0.3, 0.4) is 0 Å². The molecule has 1 rings (SSSR count). The first-order valence-corrected chi connectivity index (χ1v) is 7.12. The van der Waals surface area contributed by atoms with Crippen LogP contribution >= 0.6 is 0 Å². The van der Waals surface area contributed by atoms with Gasteiger partial charge in [-0.3, -0.25) is 0 Å². The third-order valence-electron chi connectivity index (χ3n) is 3.93. The molecule has 0 atom stereocenters. The van der Waals surface area contributed by atoms with Crippen molar-refractivity contribution in [1.82, 2.24) is 5.32 Å². The van der Waals surface area contributed by atoms with Gasteiger partial charge in [-0.05, 0) is 45.6 Å². The molecule has 1 aliphatic rings. The Morgan fingerprint density at radius 2 is 1.88 bits per heavy atom. The maximum absolute atomic E-state index is 6.12. The van der Waals surface area contributed by atoms with Crippen LogP contribution < -0.4 is 5.32 Å². The van der Waals surface area contributed by atoms with Crippen LogP contribution in [0.15, 0.2) is 0 Å². The quantitative estimate of drug-likeness (QED) is 0.665. The summed E-state index contributed by atoms with van der Waals surface area (Å²) >= 11 is 0. The predicted octanol–water partition coefficient (Wildman–Crippen LogP) is 2.60. The minimum absolute atomic E-state index is 0.0670. The zero-order valence-corrected chi connectivity index (χ0v) is 11.8. The Bertz CT molecular complexity index is 189. The lowest BCUT2D eigenvalue weighted by molar-refractivity contribution is -0.0912. The molecule has 0 saturated heterocycles. The molecule has 1 saturated carbocycles. The molecule has 3 nitrogen and oxygen atoms in total. The first-order chi connectivity index (χ1) is 8.26. The van der Waals surface area contributed by atoms with E-state index >= 15 is 0 Å². The van der Waals surface area contributed by atoms with Crippen molar-refractivity contribution < 1.29 is 9.47 Å². The van der Waals surface area contributed by atoms with E-state index in [1.165, 1.54) is 32.1 Å². The molecule has 17 heavy (non-hydrogen) atoms. The number of nitrogens with one attached hydrogen (secondary N) is 1. The molecule has 0 amide bonds. The van der Waals surface area contributed by atoms with Crippen molar-refractivity contribution in [2.75, 3.05) is 33.4 Å². The molecular weight excluding hydrogens is 214 g/mol. The van der Waals surface area contributed by atoms with Crippen molar-refractivity contribution in [3.8, 4) is 0 Å². The van der Waals surface area contributed by atoms with E-state index in [-0.39, 0.29) is 5.60 Å². The number of hydrogen-bond acceptors (Lipinski definition) is 3. The van der Waals surface area contributed by atoms with Crippen molar-refractivity contribution in [2.45, 2.75) is 51.6 Å². The maximum atomic E-state index is 6.12. The molecule has 102 valence electrons. The van der Waals surface area contributed by atoms with Crippen LogP contribution in [-0.4, -0.2) is 39.0 Å². The summed E-state index contributed by atoms with van der Waals surface area (Å²) in [5.74, 6) is 0.912. The van der Waals surface area contributed by atoms with Gasteiger partial charge in [-0.2, -0.15) is 0 Å². The monoisotopic (exact) mass is 243 g/mol. The molecule has 0 bridgehead atoms. The lowest BCUT2D eigenvalue weighted by Crippen LogP contribution is -2.45. The summed E-state index contributed by atoms with van der Waals surface area (Å²) < 4.78 is 11.5. The molecule has 0 unspecified atom stereocenters. The van der Waals surface area contributed by atoms with E-state index in [2.05, 4.69) is 12.2 Å². The van der Waals surface area contributed by atoms with Gasteiger partial charge in [0.05, 0.1) is 18.8 Å². The normalized spacial score (nSPS) is 29.5. The van der Waals surface area contributed by atoms with Gasteiger partial charge in [0.15, 0.2) is 0 Å². The summed E-state index contributed by atoms with van der Waals surface area (Å²) in [4.78, 5) is 0. The first-order valence-electron chi connectivity index (χ1n) is 7.12. The highest BCUT2D eigenvalue weighted by molar-refractivity contribution is 4.88. The van der Waals surface area contributed by atoms with E-state index < -0.39 is 0 Å². The third-order valence-corrected chi connectivity index (χ3v) is 3.93. The van der Waals surface area contributed by atoms with Gasteiger partial charge in [0, 0.05) is 13.2 Å². The zero-order valence-electron chi connectivity index (χ0n) is 11.8. The fourth-order valence-electron chi connectivity index (χ4n) is 2.77. The van der Waals surface area contributed by atoms with Crippen molar-refractivity contribution in [3.05, 3.63) is 0 Å². The van der Waals surface area contributed by atoms with E-state index in [1.54, 1.807) is 0 Å². The number of likely N-dealkylation sites (N-methyl/N-ethyl adjacent to an activating group) is 1. The van der Waals surface area contributed by atoms with Gasteiger partial charge in [-0.25, -0.2) is 0 Å². The topological polar surface area (TPSA) is 30.5 Å². The zero-order chi connectivity index (χ0) is 12.6. The number of ether oxygens (including phenoxy) is 2. The smallest absolute Gasteiger partial charge is 0.0807 e. The van der Waals surface area contributed by atoms with Gasteiger partial charge in [-0.1, -0.05) is 13.3 Å². The van der Waals surface area contributed by atoms with Gasteiger partial charge in [-0.15, -0.1) is 0 Å². The van der Waals surface area contributed by atoms with E-state index in [0.29, 0.717) is 0 Å². The molecule has 0 aromatic rings. The Kier molecular flexibility index (Phi) is 7.09. The molecule has 0 spiro atoms. The van der Waals surface area contributed by atoms with Gasteiger partial charge in [0.2, 0.25) is 0 Å². The van der Waals surface area contributed by atoms with Gasteiger partial charge in [0.1, 0.15) is 0 Å². The summed E-state index contributed by atoms with van der Waals surface area (Å²) in [7, 11) is 2.01. The molecule has 0 heterocycles. The molecule has 1 aliphatic carbocycles. The molecule has 3 heteroatoms. The summed E-state index contributed by atoms with van der Waals surface area (Å²) in [6, 6.07) is 0. The van der Waals surface area contributed by atoms with E-state index in [1.807, 2.05) is 14.0 Å². The lowest BCUT2D eigenvalue weighted by atomic mass is 9.77. The average molecular weight is 243 g/mol. The van der Waals surface area contributed by atoms with Gasteiger partial charge in [0.25, 0.3) is 0 Å². The van der Waals surface area contributed by atoms with E-state index in [9.17, 15) is 0 Å². The molecule has 0 aromatic carbocycles. The maximum Gasteiger partial charge on any atom is 0.0807 e. The van der Waals surface area contributed by atoms with Crippen LogP contribution in [0, 0.1) is 5.92 Å². The Morgan fingerprint density at radius 3 is 2.41 bits per heavy atom.